The molecule has 1 saturated carbocycles. The average molecular weight is 341 g/mol. The summed E-state index contributed by atoms with van der Waals surface area (Å²) in [4.78, 5) is 15.3. The van der Waals surface area contributed by atoms with Gasteiger partial charge in [-0.3, -0.25) is 0 Å². The van der Waals surface area contributed by atoms with E-state index in [0.717, 1.165) is 24.7 Å². The zero-order valence-corrected chi connectivity index (χ0v) is 15.2. The normalized spacial score (nSPS) is 15.8. The van der Waals surface area contributed by atoms with Crippen LogP contribution in [0.3, 0.4) is 0 Å². The zero-order chi connectivity index (χ0) is 18.6. The summed E-state index contributed by atoms with van der Waals surface area (Å²) in [6.45, 7) is 11.2. The van der Waals surface area contributed by atoms with E-state index in [1.165, 1.54) is 5.56 Å². The molecule has 0 saturated heterocycles. The molecule has 25 heavy (non-hydrogen) atoms. The molecule has 1 aromatic carbocycles. The van der Waals surface area contributed by atoms with Gasteiger partial charge in [0.1, 0.15) is 0 Å². The Labute approximate surface area is 149 Å². The van der Waals surface area contributed by atoms with Crippen LogP contribution in [0.25, 0.3) is 0 Å². The van der Waals surface area contributed by atoms with Crippen LogP contribution in [0.5, 0.6) is 0 Å². The highest BCUT2D eigenvalue weighted by Crippen LogP contribution is 2.41. The molecule has 134 valence electrons. The molecule has 1 aliphatic carbocycles. The minimum absolute atomic E-state index is 0.0226. The Balaban J connectivity index is 2.12. The summed E-state index contributed by atoms with van der Waals surface area (Å²) >= 11 is 0. The molecule has 0 radical (unpaired) electrons. The second kappa shape index (κ2) is 7.55. The number of nitrogens with zero attached hydrogens (tertiary/aromatic N) is 1. The molecule has 0 unspecified atom stereocenters. The van der Waals surface area contributed by atoms with E-state index in [0.29, 0.717) is 17.8 Å². The second-order valence-corrected chi connectivity index (χ2v) is 7.40. The third-order valence-corrected chi connectivity index (χ3v) is 4.30. The fourth-order valence-corrected chi connectivity index (χ4v) is 2.70. The van der Waals surface area contributed by atoms with E-state index < -0.39 is 5.97 Å². The van der Waals surface area contributed by atoms with E-state index in [2.05, 4.69) is 61.9 Å². The highest BCUT2D eigenvalue weighted by Gasteiger charge is 2.32. The van der Waals surface area contributed by atoms with Crippen LogP contribution in [-0.2, 0) is 16.8 Å². The van der Waals surface area contributed by atoms with E-state index in [-0.39, 0.29) is 17.0 Å². The van der Waals surface area contributed by atoms with E-state index in [1.54, 1.807) is 0 Å². The lowest BCUT2D eigenvalue weighted by Crippen LogP contribution is -2.18. The van der Waals surface area contributed by atoms with Crippen molar-refractivity contribution in [2.45, 2.75) is 45.6 Å². The molecule has 0 spiro atoms. The van der Waals surface area contributed by atoms with Crippen molar-refractivity contribution in [1.29, 1.82) is 0 Å². The highest BCUT2D eigenvalue weighted by molar-refractivity contribution is 5.90. The van der Waals surface area contributed by atoms with Crippen LogP contribution in [0.4, 0.5) is 0 Å². The standard InChI is InChI=1S/C20H27N3O2/c1-13(17(15-7-8-15)18(19(24)25)23-12-21)22-11-14-5-9-16(10-6-14)20(2,3)4/h5-6,9-10,12,15,22H,1,7-8,11H2,2-4H3,(H2,21,23)(H,24,25)/b18-17+. The first-order chi connectivity index (χ1) is 11.7. The molecule has 2 rings (SSSR count). The van der Waals surface area contributed by atoms with E-state index in [9.17, 15) is 9.90 Å². The molecule has 1 aromatic rings. The fraction of sp³-hybridized carbons (Fsp3) is 0.400. The van der Waals surface area contributed by atoms with Gasteiger partial charge in [0.2, 0.25) is 0 Å². The van der Waals surface area contributed by atoms with Crippen molar-refractivity contribution in [2.75, 3.05) is 0 Å². The summed E-state index contributed by atoms with van der Waals surface area (Å²) in [6.07, 6.45) is 2.92. The third kappa shape index (κ3) is 4.95. The molecule has 5 heteroatoms. The van der Waals surface area contributed by atoms with Gasteiger partial charge in [-0.1, -0.05) is 51.6 Å². The van der Waals surface area contributed by atoms with Crippen LogP contribution >= 0.6 is 0 Å². The molecule has 0 atom stereocenters. The Morgan fingerprint density at radius 1 is 1.36 bits per heavy atom. The maximum absolute atomic E-state index is 11.5. The maximum atomic E-state index is 11.5. The fourth-order valence-electron chi connectivity index (χ4n) is 2.70. The van der Waals surface area contributed by atoms with Gasteiger partial charge in [0.05, 0.1) is 6.34 Å². The number of carboxylic acid groups (broad SMARTS) is 1. The van der Waals surface area contributed by atoms with Crippen molar-refractivity contribution in [1.82, 2.24) is 5.32 Å². The van der Waals surface area contributed by atoms with Crippen LogP contribution < -0.4 is 11.1 Å². The summed E-state index contributed by atoms with van der Waals surface area (Å²) < 4.78 is 0. The van der Waals surface area contributed by atoms with Crippen LogP contribution in [-0.4, -0.2) is 17.4 Å². The van der Waals surface area contributed by atoms with Gasteiger partial charge in [-0.15, -0.1) is 0 Å². The summed E-state index contributed by atoms with van der Waals surface area (Å²) in [7, 11) is 0. The number of nitrogens with two attached hydrogens (primary N) is 1. The molecule has 0 amide bonds. The van der Waals surface area contributed by atoms with Gasteiger partial charge in [-0.05, 0) is 35.3 Å². The van der Waals surface area contributed by atoms with Crippen molar-refractivity contribution in [3.63, 3.8) is 0 Å². The maximum Gasteiger partial charge on any atom is 0.354 e. The first-order valence-corrected chi connectivity index (χ1v) is 8.48. The van der Waals surface area contributed by atoms with Gasteiger partial charge in [0, 0.05) is 17.8 Å². The minimum Gasteiger partial charge on any atom is -0.476 e. The summed E-state index contributed by atoms with van der Waals surface area (Å²) in [5.41, 5.74) is 9.04. The molecule has 1 fully saturated rings. The predicted octanol–water partition coefficient (Wildman–Crippen LogP) is 3.32. The summed E-state index contributed by atoms with van der Waals surface area (Å²) in [5, 5.41) is 12.6. The molecular formula is C20H27N3O2. The van der Waals surface area contributed by atoms with Gasteiger partial charge >= 0.3 is 5.97 Å². The lowest BCUT2D eigenvalue weighted by molar-refractivity contribution is -0.132. The number of hydrogen-bond acceptors (Lipinski definition) is 3. The van der Waals surface area contributed by atoms with Gasteiger partial charge in [-0.25, -0.2) is 9.79 Å². The number of carboxylic acids is 1. The Hall–Kier alpha value is -2.56. The van der Waals surface area contributed by atoms with Gasteiger partial charge in [0.25, 0.3) is 0 Å². The molecule has 0 aromatic heterocycles. The largest absolute Gasteiger partial charge is 0.476 e. The van der Waals surface area contributed by atoms with Crippen molar-refractivity contribution in [3.05, 3.63) is 58.9 Å². The molecular weight excluding hydrogens is 314 g/mol. The van der Waals surface area contributed by atoms with Crippen molar-refractivity contribution in [3.8, 4) is 0 Å². The first kappa shape index (κ1) is 18.8. The van der Waals surface area contributed by atoms with Crippen LogP contribution in [0.2, 0.25) is 0 Å². The van der Waals surface area contributed by atoms with Crippen LogP contribution in [0, 0.1) is 5.92 Å². The van der Waals surface area contributed by atoms with Gasteiger partial charge < -0.3 is 16.2 Å². The van der Waals surface area contributed by atoms with Gasteiger partial charge in [0.15, 0.2) is 5.70 Å². The van der Waals surface area contributed by atoms with Crippen LogP contribution in [0.1, 0.15) is 44.7 Å². The summed E-state index contributed by atoms with van der Waals surface area (Å²) in [5.74, 6) is -0.890. The Morgan fingerprint density at radius 2 is 1.96 bits per heavy atom. The predicted molar refractivity (Wildman–Crippen MR) is 101 cm³/mol. The molecule has 5 nitrogen and oxygen atoms in total. The Kier molecular flexibility index (Phi) is 5.67. The zero-order valence-electron chi connectivity index (χ0n) is 15.2. The van der Waals surface area contributed by atoms with Crippen molar-refractivity contribution < 1.29 is 9.90 Å². The number of hydrogen-bond donors (Lipinski definition) is 3. The quantitative estimate of drug-likeness (QED) is 0.307. The number of benzene rings is 1. The van der Waals surface area contributed by atoms with E-state index in [1.807, 2.05) is 0 Å². The molecule has 0 aliphatic heterocycles. The monoisotopic (exact) mass is 341 g/mol. The van der Waals surface area contributed by atoms with E-state index in [4.69, 9.17) is 5.73 Å². The van der Waals surface area contributed by atoms with Crippen molar-refractivity contribution in [2.24, 2.45) is 16.6 Å². The lowest BCUT2D eigenvalue weighted by Gasteiger charge is -2.19. The molecule has 0 heterocycles. The second-order valence-electron chi connectivity index (χ2n) is 7.40. The number of allylic oxidation sites excluding steroid dienone is 1. The lowest BCUT2D eigenvalue weighted by atomic mass is 9.87. The Bertz CT molecular complexity index is 705. The van der Waals surface area contributed by atoms with Crippen molar-refractivity contribution >= 4 is 12.3 Å². The smallest absolute Gasteiger partial charge is 0.354 e. The molecule has 0 bridgehead atoms. The summed E-state index contributed by atoms with van der Waals surface area (Å²) in [6, 6.07) is 8.41. The number of carbonyl (C=O) groups is 1. The number of aliphatic imine (C=N–C) groups is 1. The topological polar surface area (TPSA) is 87.7 Å². The molecule has 1 aliphatic rings. The number of nitrogens with one attached hydrogen (secondary N) is 1. The van der Waals surface area contributed by atoms with E-state index >= 15 is 0 Å². The SMILES string of the molecule is C=C(NCc1ccc(C(C)(C)C)cc1)/C(=C(\N=C/N)C(=O)O)C1CC1. The molecule has 4 N–H and O–H groups in total. The Morgan fingerprint density at radius 3 is 2.40 bits per heavy atom. The number of aliphatic carboxylic acids is 1. The highest BCUT2D eigenvalue weighted by atomic mass is 16.4. The first-order valence-electron chi connectivity index (χ1n) is 8.48. The average Bonchev–Trinajstić information content (AvgIpc) is 3.36. The number of rotatable bonds is 7. The van der Waals surface area contributed by atoms with Gasteiger partial charge in [-0.2, -0.15) is 0 Å². The third-order valence-electron chi connectivity index (χ3n) is 4.30. The van der Waals surface area contributed by atoms with Crippen LogP contribution in [0.15, 0.2) is 52.8 Å². The minimum atomic E-state index is -1.08.